The lowest BCUT2D eigenvalue weighted by Crippen LogP contribution is -2.06. The van der Waals surface area contributed by atoms with Gasteiger partial charge in [-0.25, -0.2) is 4.79 Å². The van der Waals surface area contributed by atoms with Crippen molar-refractivity contribution in [2.45, 2.75) is 19.8 Å². The van der Waals surface area contributed by atoms with Crippen LogP contribution in [0.3, 0.4) is 0 Å². The quantitative estimate of drug-likeness (QED) is 0.533. The van der Waals surface area contributed by atoms with E-state index in [2.05, 4.69) is 0 Å². The van der Waals surface area contributed by atoms with E-state index in [4.69, 9.17) is 4.74 Å². The van der Waals surface area contributed by atoms with Crippen LogP contribution >= 0.6 is 0 Å². The average Bonchev–Trinajstić information content (AvgIpc) is 2.72. The Kier molecular flexibility index (Phi) is 4.38. The third-order valence-electron chi connectivity index (χ3n) is 3.91. The number of esters is 1. The van der Waals surface area contributed by atoms with Gasteiger partial charge in [-0.3, -0.25) is 4.79 Å². The summed E-state index contributed by atoms with van der Waals surface area (Å²) in [5, 5.41) is 2.92. The topological polar surface area (TPSA) is 43.4 Å². The van der Waals surface area contributed by atoms with Gasteiger partial charge >= 0.3 is 5.97 Å². The second-order valence-corrected chi connectivity index (χ2v) is 5.54. The highest BCUT2D eigenvalue weighted by molar-refractivity contribution is 5.98. The van der Waals surface area contributed by atoms with Crippen molar-refractivity contribution in [3.63, 3.8) is 0 Å². The molecule has 0 radical (unpaired) electrons. The molecule has 0 fully saturated rings. The highest BCUT2D eigenvalue weighted by atomic mass is 16.5. The molecule has 0 bridgehead atoms. The normalized spacial score (nSPS) is 10.8. The first kappa shape index (κ1) is 15.2. The molecule has 0 aromatic heterocycles. The fourth-order valence-electron chi connectivity index (χ4n) is 2.60. The van der Waals surface area contributed by atoms with Crippen LogP contribution < -0.4 is 5.43 Å². The van der Waals surface area contributed by atoms with Crippen molar-refractivity contribution >= 4 is 27.5 Å². The molecule has 0 aliphatic heterocycles. The number of unbranched alkanes of at least 4 members (excludes halogenated alkanes) is 1. The fraction of sp³-hybridized carbons (Fsp3) is 0.200. The summed E-state index contributed by atoms with van der Waals surface area (Å²) in [5.74, 6) is -0.344. The van der Waals surface area contributed by atoms with E-state index in [1.165, 1.54) is 0 Å². The number of hydrogen-bond donors (Lipinski definition) is 0. The van der Waals surface area contributed by atoms with Gasteiger partial charge in [-0.1, -0.05) is 49.7 Å². The molecule has 0 atom stereocenters. The molecule has 3 heteroatoms. The second kappa shape index (κ2) is 6.61. The van der Waals surface area contributed by atoms with Crippen LogP contribution in [0.2, 0.25) is 0 Å². The van der Waals surface area contributed by atoms with Crippen molar-refractivity contribution in [1.29, 1.82) is 0 Å². The third kappa shape index (κ3) is 3.09. The van der Waals surface area contributed by atoms with Crippen LogP contribution in [0, 0.1) is 0 Å². The number of benzene rings is 2. The Labute approximate surface area is 134 Å². The SMILES string of the molecule is CCCCOC(=O)c1ccc2c(=O)c3ccccc3ccc2c1. The van der Waals surface area contributed by atoms with Crippen LogP contribution in [-0.2, 0) is 4.74 Å². The molecule has 3 aromatic carbocycles. The molecule has 0 saturated carbocycles. The van der Waals surface area contributed by atoms with E-state index in [-0.39, 0.29) is 11.4 Å². The Balaban J connectivity index is 2.09. The van der Waals surface area contributed by atoms with Crippen LogP contribution in [0.15, 0.2) is 59.4 Å². The van der Waals surface area contributed by atoms with E-state index in [0.717, 1.165) is 23.6 Å². The average molecular weight is 306 g/mol. The molecule has 0 heterocycles. The van der Waals surface area contributed by atoms with E-state index in [1.54, 1.807) is 18.2 Å². The molecule has 0 amide bonds. The van der Waals surface area contributed by atoms with Crippen molar-refractivity contribution in [2.24, 2.45) is 0 Å². The Morgan fingerprint density at radius 1 is 0.957 bits per heavy atom. The Hall–Kier alpha value is -2.68. The molecule has 3 nitrogen and oxygen atoms in total. The Morgan fingerprint density at radius 3 is 2.52 bits per heavy atom. The van der Waals surface area contributed by atoms with Gasteiger partial charge in [0.2, 0.25) is 0 Å². The van der Waals surface area contributed by atoms with E-state index in [0.29, 0.717) is 22.9 Å². The van der Waals surface area contributed by atoms with Crippen molar-refractivity contribution in [3.8, 4) is 0 Å². The van der Waals surface area contributed by atoms with E-state index in [1.807, 2.05) is 43.3 Å². The predicted octanol–water partition coefficient (Wildman–Crippen LogP) is 4.31. The van der Waals surface area contributed by atoms with Crippen molar-refractivity contribution in [1.82, 2.24) is 0 Å². The minimum atomic E-state index is -0.344. The number of hydrogen-bond acceptors (Lipinski definition) is 3. The number of carbonyl (C=O) groups excluding carboxylic acids is 1. The second-order valence-electron chi connectivity index (χ2n) is 5.54. The number of rotatable bonds is 4. The molecule has 0 unspecified atom stereocenters. The molecule has 0 aliphatic rings. The minimum Gasteiger partial charge on any atom is -0.462 e. The lowest BCUT2D eigenvalue weighted by atomic mass is 10.1. The van der Waals surface area contributed by atoms with Gasteiger partial charge in [-0.2, -0.15) is 0 Å². The summed E-state index contributed by atoms with van der Waals surface area (Å²) >= 11 is 0. The first-order valence-electron chi connectivity index (χ1n) is 7.83. The summed E-state index contributed by atoms with van der Waals surface area (Å²) in [6, 6.07) is 16.4. The summed E-state index contributed by atoms with van der Waals surface area (Å²) in [6.07, 6.45) is 1.83. The summed E-state index contributed by atoms with van der Waals surface area (Å²) in [6.45, 7) is 2.47. The number of fused-ring (bicyclic) bond motifs is 2. The standard InChI is InChI=1S/C20H18O3/c1-2-3-12-23-20(22)16-10-11-18-15(13-16)9-8-14-6-4-5-7-17(14)19(18)21/h4-11,13H,2-3,12H2,1H3. The summed E-state index contributed by atoms with van der Waals surface area (Å²) in [7, 11) is 0. The van der Waals surface area contributed by atoms with Crippen LogP contribution in [-0.4, -0.2) is 12.6 Å². The largest absolute Gasteiger partial charge is 0.462 e. The molecule has 3 rings (SSSR count). The van der Waals surface area contributed by atoms with Crippen LogP contribution in [0.4, 0.5) is 0 Å². The van der Waals surface area contributed by atoms with Crippen LogP contribution in [0.25, 0.3) is 21.5 Å². The maximum Gasteiger partial charge on any atom is 0.338 e. The zero-order valence-corrected chi connectivity index (χ0v) is 13.0. The Morgan fingerprint density at radius 2 is 1.70 bits per heavy atom. The van der Waals surface area contributed by atoms with Gasteiger partial charge in [0.15, 0.2) is 5.43 Å². The molecular weight excluding hydrogens is 288 g/mol. The van der Waals surface area contributed by atoms with Crippen molar-refractivity contribution < 1.29 is 9.53 Å². The van der Waals surface area contributed by atoms with Gasteiger partial charge in [0.05, 0.1) is 12.2 Å². The zero-order chi connectivity index (χ0) is 16.2. The number of ether oxygens (including phenoxy) is 1. The molecule has 23 heavy (non-hydrogen) atoms. The first-order chi connectivity index (χ1) is 11.2. The van der Waals surface area contributed by atoms with E-state index in [9.17, 15) is 9.59 Å². The zero-order valence-electron chi connectivity index (χ0n) is 13.0. The lowest BCUT2D eigenvalue weighted by Gasteiger charge is -2.04. The van der Waals surface area contributed by atoms with Gasteiger partial charge in [0, 0.05) is 10.8 Å². The van der Waals surface area contributed by atoms with Gasteiger partial charge in [-0.05, 0) is 35.4 Å². The molecule has 0 spiro atoms. The van der Waals surface area contributed by atoms with E-state index < -0.39 is 0 Å². The first-order valence-corrected chi connectivity index (χ1v) is 7.83. The maximum absolute atomic E-state index is 12.7. The van der Waals surface area contributed by atoms with E-state index >= 15 is 0 Å². The third-order valence-corrected chi connectivity index (χ3v) is 3.91. The molecule has 0 saturated heterocycles. The summed E-state index contributed by atoms with van der Waals surface area (Å²) in [5.41, 5.74) is 0.453. The maximum atomic E-state index is 12.7. The van der Waals surface area contributed by atoms with Gasteiger partial charge in [0.25, 0.3) is 0 Å². The summed E-state index contributed by atoms with van der Waals surface area (Å²) in [4.78, 5) is 24.7. The van der Waals surface area contributed by atoms with Crippen molar-refractivity contribution in [2.75, 3.05) is 6.61 Å². The summed E-state index contributed by atoms with van der Waals surface area (Å²) < 4.78 is 5.23. The smallest absolute Gasteiger partial charge is 0.338 e. The van der Waals surface area contributed by atoms with Crippen molar-refractivity contribution in [3.05, 3.63) is 70.4 Å². The predicted molar refractivity (Wildman–Crippen MR) is 92.9 cm³/mol. The van der Waals surface area contributed by atoms with Gasteiger partial charge < -0.3 is 4.74 Å². The Bertz CT molecular complexity index is 929. The van der Waals surface area contributed by atoms with Crippen LogP contribution in [0.1, 0.15) is 30.1 Å². The monoisotopic (exact) mass is 306 g/mol. The molecule has 0 N–H and O–H groups in total. The number of carbonyl (C=O) groups is 1. The molecular formula is C20H18O3. The highest BCUT2D eigenvalue weighted by Gasteiger charge is 2.09. The fourth-order valence-corrected chi connectivity index (χ4v) is 2.60. The van der Waals surface area contributed by atoms with Crippen LogP contribution in [0.5, 0.6) is 0 Å². The highest BCUT2D eigenvalue weighted by Crippen LogP contribution is 2.17. The molecule has 116 valence electrons. The lowest BCUT2D eigenvalue weighted by molar-refractivity contribution is 0.0500. The minimum absolute atomic E-state index is 0.0218. The van der Waals surface area contributed by atoms with Gasteiger partial charge in [-0.15, -0.1) is 0 Å². The molecule has 0 aliphatic carbocycles. The molecule has 3 aromatic rings. The van der Waals surface area contributed by atoms with Gasteiger partial charge in [0.1, 0.15) is 0 Å².